The standard InChI is InChI=1S/C27H29N3O4/c1-2-34-26(32)14-4-3-9-15-28-25(31)18-30-17-19(20-10-6-8-13-24(20)30)16-22-21-11-5-7-12-23(21)29-27(22)33/h5-8,10-13,16-17H,2-4,9,14-15,18H2,1H3,(H,28,31)(H,29,33)/b22-16+. The van der Waals surface area contributed by atoms with Crippen LogP contribution < -0.4 is 10.6 Å². The maximum atomic E-state index is 12.6. The molecule has 0 saturated carbocycles. The van der Waals surface area contributed by atoms with Crippen LogP contribution in [0, 0.1) is 0 Å². The van der Waals surface area contributed by atoms with Crippen molar-refractivity contribution in [2.75, 3.05) is 18.5 Å². The topological polar surface area (TPSA) is 89.4 Å². The number of ether oxygens (including phenoxy) is 1. The van der Waals surface area contributed by atoms with Gasteiger partial charge in [-0.2, -0.15) is 0 Å². The number of aromatic nitrogens is 1. The first-order valence-corrected chi connectivity index (χ1v) is 11.7. The molecular formula is C27H29N3O4. The summed E-state index contributed by atoms with van der Waals surface area (Å²) in [6.07, 6.45) is 6.64. The number of carbonyl (C=O) groups is 3. The molecule has 1 aromatic heterocycles. The molecule has 3 aromatic rings. The predicted octanol–water partition coefficient (Wildman–Crippen LogP) is 4.37. The van der Waals surface area contributed by atoms with Crippen molar-refractivity contribution in [1.29, 1.82) is 0 Å². The number of para-hydroxylation sites is 2. The van der Waals surface area contributed by atoms with Gasteiger partial charge in [-0.15, -0.1) is 0 Å². The molecule has 2 heterocycles. The third-order valence-corrected chi connectivity index (χ3v) is 5.83. The van der Waals surface area contributed by atoms with Crippen molar-refractivity contribution in [3.8, 4) is 0 Å². The number of carbonyl (C=O) groups excluding carboxylic acids is 3. The Hall–Kier alpha value is -3.87. The number of rotatable bonds is 10. The number of benzene rings is 2. The quantitative estimate of drug-likeness (QED) is 0.268. The largest absolute Gasteiger partial charge is 0.466 e. The van der Waals surface area contributed by atoms with Gasteiger partial charge in [0.25, 0.3) is 5.91 Å². The molecule has 4 rings (SSSR count). The number of fused-ring (bicyclic) bond motifs is 2. The highest BCUT2D eigenvalue weighted by molar-refractivity contribution is 6.35. The molecule has 1 aliphatic rings. The van der Waals surface area contributed by atoms with Crippen molar-refractivity contribution in [1.82, 2.24) is 9.88 Å². The van der Waals surface area contributed by atoms with E-state index in [1.54, 1.807) is 6.92 Å². The van der Waals surface area contributed by atoms with Crippen molar-refractivity contribution in [3.05, 3.63) is 65.9 Å². The van der Waals surface area contributed by atoms with E-state index in [-0.39, 0.29) is 24.3 Å². The van der Waals surface area contributed by atoms with Crippen molar-refractivity contribution < 1.29 is 19.1 Å². The van der Waals surface area contributed by atoms with Crippen molar-refractivity contribution in [2.24, 2.45) is 0 Å². The molecule has 7 heteroatoms. The molecule has 0 atom stereocenters. The van der Waals surface area contributed by atoms with Crippen LogP contribution in [-0.2, 0) is 25.7 Å². The summed E-state index contributed by atoms with van der Waals surface area (Å²) in [6.45, 7) is 2.96. The predicted molar refractivity (Wildman–Crippen MR) is 133 cm³/mol. The second kappa shape index (κ2) is 10.8. The Morgan fingerprint density at radius 1 is 1.06 bits per heavy atom. The summed E-state index contributed by atoms with van der Waals surface area (Å²) in [7, 11) is 0. The summed E-state index contributed by atoms with van der Waals surface area (Å²) in [4.78, 5) is 36.5. The molecule has 0 spiro atoms. The van der Waals surface area contributed by atoms with Crippen LogP contribution >= 0.6 is 0 Å². The van der Waals surface area contributed by atoms with Crippen LogP contribution in [0.5, 0.6) is 0 Å². The van der Waals surface area contributed by atoms with E-state index >= 15 is 0 Å². The lowest BCUT2D eigenvalue weighted by Gasteiger charge is -2.07. The van der Waals surface area contributed by atoms with Gasteiger partial charge in [-0.3, -0.25) is 14.4 Å². The summed E-state index contributed by atoms with van der Waals surface area (Å²) in [5.74, 6) is -0.372. The summed E-state index contributed by atoms with van der Waals surface area (Å²) in [6, 6.07) is 15.5. The zero-order valence-electron chi connectivity index (χ0n) is 19.3. The lowest BCUT2D eigenvalue weighted by Crippen LogP contribution is -2.28. The van der Waals surface area contributed by atoms with Gasteiger partial charge in [0.05, 0.1) is 6.61 Å². The van der Waals surface area contributed by atoms with E-state index in [2.05, 4.69) is 10.6 Å². The van der Waals surface area contributed by atoms with Crippen LogP contribution in [-0.4, -0.2) is 35.5 Å². The minimum absolute atomic E-state index is 0.0747. The van der Waals surface area contributed by atoms with Gasteiger partial charge in [-0.05, 0) is 38.0 Å². The van der Waals surface area contributed by atoms with E-state index in [4.69, 9.17) is 4.74 Å². The molecule has 1 aliphatic heterocycles. The van der Waals surface area contributed by atoms with Gasteiger partial charge in [0.1, 0.15) is 6.54 Å². The lowest BCUT2D eigenvalue weighted by molar-refractivity contribution is -0.143. The Morgan fingerprint density at radius 3 is 2.71 bits per heavy atom. The number of amides is 2. The van der Waals surface area contributed by atoms with Gasteiger partial charge in [-0.25, -0.2) is 0 Å². The van der Waals surface area contributed by atoms with Crippen molar-refractivity contribution in [3.63, 3.8) is 0 Å². The third kappa shape index (κ3) is 5.36. The SMILES string of the molecule is CCOC(=O)CCCCCNC(=O)Cn1cc(/C=C2/C(=O)Nc3ccccc32)c2ccccc21. The molecule has 7 nitrogen and oxygen atoms in total. The average Bonchev–Trinajstić information content (AvgIpc) is 3.34. The smallest absolute Gasteiger partial charge is 0.305 e. The van der Waals surface area contributed by atoms with Gasteiger partial charge in [0.15, 0.2) is 0 Å². The number of hydrogen-bond donors (Lipinski definition) is 2. The molecule has 0 bridgehead atoms. The Morgan fingerprint density at radius 2 is 1.85 bits per heavy atom. The Labute approximate surface area is 198 Å². The summed E-state index contributed by atoms with van der Waals surface area (Å²) >= 11 is 0. The fraction of sp³-hybridized carbons (Fsp3) is 0.296. The molecule has 0 unspecified atom stereocenters. The maximum absolute atomic E-state index is 12.6. The number of nitrogens with zero attached hydrogens (tertiary/aromatic N) is 1. The second-order valence-electron chi connectivity index (χ2n) is 8.25. The number of hydrogen-bond acceptors (Lipinski definition) is 4. The summed E-state index contributed by atoms with van der Waals surface area (Å²) in [5.41, 5.74) is 4.13. The van der Waals surface area contributed by atoms with Gasteiger partial charge in [0.2, 0.25) is 5.91 Å². The average molecular weight is 460 g/mol. The molecule has 0 fully saturated rings. The first-order valence-electron chi connectivity index (χ1n) is 11.7. The van der Waals surface area contributed by atoms with Crippen molar-refractivity contribution in [2.45, 2.75) is 39.2 Å². The minimum Gasteiger partial charge on any atom is -0.466 e. The van der Waals surface area contributed by atoms with Crippen LogP contribution in [0.15, 0.2) is 54.7 Å². The van der Waals surface area contributed by atoms with E-state index in [1.165, 1.54) is 0 Å². The fourth-order valence-corrected chi connectivity index (χ4v) is 4.20. The summed E-state index contributed by atoms with van der Waals surface area (Å²) in [5, 5.41) is 6.84. The fourth-order valence-electron chi connectivity index (χ4n) is 4.20. The van der Waals surface area contributed by atoms with E-state index in [0.717, 1.165) is 47.0 Å². The number of nitrogens with one attached hydrogen (secondary N) is 2. The van der Waals surface area contributed by atoms with Gasteiger partial charge in [-0.1, -0.05) is 42.8 Å². The molecule has 34 heavy (non-hydrogen) atoms. The van der Waals surface area contributed by atoms with E-state index in [0.29, 0.717) is 25.1 Å². The zero-order chi connectivity index (χ0) is 23.9. The highest BCUT2D eigenvalue weighted by Crippen LogP contribution is 2.34. The first kappa shape index (κ1) is 23.3. The molecule has 2 aromatic carbocycles. The molecule has 176 valence electrons. The maximum Gasteiger partial charge on any atom is 0.305 e. The van der Waals surface area contributed by atoms with Gasteiger partial charge >= 0.3 is 5.97 Å². The number of esters is 1. The zero-order valence-corrected chi connectivity index (χ0v) is 19.3. The number of unbranched alkanes of at least 4 members (excludes halogenated alkanes) is 2. The van der Waals surface area contributed by atoms with Crippen LogP contribution in [0.25, 0.3) is 22.6 Å². The van der Waals surface area contributed by atoms with Gasteiger partial charge < -0.3 is 19.9 Å². The molecule has 0 saturated heterocycles. The molecule has 0 radical (unpaired) electrons. The van der Waals surface area contributed by atoms with E-state index in [9.17, 15) is 14.4 Å². The summed E-state index contributed by atoms with van der Waals surface area (Å²) < 4.78 is 6.83. The molecule has 2 N–H and O–H groups in total. The molecule has 2 amide bonds. The Balaban J connectivity index is 1.40. The van der Waals surface area contributed by atoms with Crippen LogP contribution in [0.4, 0.5) is 5.69 Å². The normalized spacial score (nSPS) is 13.7. The minimum atomic E-state index is -0.171. The molecular weight excluding hydrogens is 430 g/mol. The first-order chi connectivity index (χ1) is 16.6. The Kier molecular flexibility index (Phi) is 7.42. The molecule has 0 aliphatic carbocycles. The number of anilines is 1. The third-order valence-electron chi connectivity index (χ3n) is 5.83. The van der Waals surface area contributed by atoms with Crippen LogP contribution in [0.2, 0.25) is 0 Å². The van der Waals surface area contributed by atoms with E-state index < -0.39 is 0 Å². The van der Waals surface area contributed by atoms with E-state index in [1.807, 2.05) is 65.4 Å². The van der Waals surface area contributed by atoms with Gasteiger partial charge in [0, 0.05) is 52.5 Å². The Bertz CT molecular complexity index is 1240. The highest BCUT2D eigenvalue weighted by atomic mass is 16.5. The monoisotopic (exact) mass is 459 g/mol. The van der Waals surface area contributed by atoms with Crippen LogP contribution in [0.3, 0.4) is 0 Å². The second-order valence-corrected chi connectivity index (χ2v) is 8.25. The highest BCUT2D eigenvalue weighted by Gasteiger charge is 2.24. The van der Waals surface area contributed by atoms with Crippen molar-refractivity contribution >= 4 is 46.0 Å². The van der Waals surface area contributed by atoms with Crippen LogP contribution in [0.1, 0.15) is 43.7 Å². The lowest BCUT2D eigenvalue weighted by atomic mass is 10.0.